The van der Waals surface area contributed by atoms with E-state index in [1.165, 1.54) is 11.1 Å². The molecular formula is C19H22N2. The minimum Gasteiger partial charge on any atom is -0.371 e. The first-order valence-electron chi connectivity index (χ1n) is 7.70. The highest BCUT2D eigenvalue weighted by Crippen LogP contribution is 2.24. The Hall–Kier alpha value is -2.09. The molecule has 0 bridgehead atoms. The van der Waals surface area contributed by atoms with Crippen LogP contribution in [-0.4, -0.2) is 18.4 Å². The van der Waals surface area contributed by atoms with Crippen LogP contribution in [0.1, 0.15) is 30.4 Å². The summed E-state index contributed by atoms with van der Waals surface area (Å²) in [5.41, 5.74) is 2.77. The fourth-order valence-electron chi connectivity index (χ4n) is 2.94. The van der Waals surface area contributed by atoms with E-state index < -0.39 is 0 Å². The minimum atomic E-state index is 0.417. The molecule has 2 aromatic carbocycles. The maximum Gasteiger partial charge on any atom is 0.0972 e. The second-order valence-electron chi connectivity index (χ2n) is 5.83. The highest BCUT2D eigenvalue weighted by molar-refractivity contribution is 5.85. The predicted octanol–water partition coefficient (Wildman–Crippen LogP) is 3.79. The van der Waals surface area contributed by atoms with Gasteiger partial charge in [0.2, 0.25) is 0 Å². The largest absolute Gasteiger partial charge is 0.371 e. The molecule has 0 aliphatic carbocycles. The third-order valence-corrected chi connectivity index (χ3v) is 4.01. The van der Waals surface area contributed by atoms with E-state index in [-0.39, 0.29) is 0 Å². The number of hydrogen-bond acceptors (Lipinski definition) is 2. The van der Waals surface area contributed by atoms with Crippen LogP contribution in [0.15, 0.2) is 65.7 Å². The summed E-state index contributed by atoms with van der Waals surface area (Å²) in [6.45, 7) is 3.13. The summed E-state index contributed by atoms with van der Waals surface area (Å²) in [4.78, 5) is 4.68. The summed E-state index contributed by atoms with van der Waals surface area (Å²) in [5.74, 6) is 1.70. The lowest BCUT2D eigenvalue weighted by molar-refractivity contribution is 0.652. The van der Waals surface area contributed by atoms with E-state index in [1.807, 2.05) is 0 Å². The van der Waals surface area contributed by atoms with E-state index in [1.54, 1.807) is 0 Å². The Kier molecular flexibility index (Phi) is 4.34. The third-order valence-electron chi connectivity index (χ3n) is 4.01. The molecule has 108 valence electrons. The van der Waals surface area contributed by atoms with Gasteiger partial charge in [0.05, 0.1) is 5.84 Å². The molecule has 3 rings (SSSR count). The van der Waals surface area contributed by atoms with Crippen LogP contribution in [0.5, 0.6) is 0 Å². The third kappa shape index (κ3) is 3.72. The lowest BCUT2D eigenvalue weighted by Gasteiger charge is -2.16. The molecule has 1 heterocycles. The van der Waals surface area contributed by atoms with Crippen molar-refractivity contribution in [2.24, 2.45) is 4.99 Å². The van der Waals surface area contributed by atoms with E-state index >= 15 is 0 Å². The lowest BCUT2D eigenvalue weighted by atomic mass is 9.97. The second kappa shape index (κ2) is 6.57. The molecule has 2 aromatic rings. The van der Waals surface area contributed by atoms with Crippen LogP contribution >= 0.6 is 0 Å². The molecule has 0 saturated carbocycles. The average Bonchev–Trinajstić information content (AvgIpc) is 2.97. The SMILES string of the molecule is CC(Cc1ccccc1)NC1=NCC(c2ccccc2)C1. The number of amidine groups is 1. The molecule has 2 nitrogen and oxygen atoms in total. The van der Waals surface area contributed by atoms with Crippen molar-refractivity contribution >= 4 is 5.84 Å². The zero-order chi connectivity index (χ0) is 14.5. The topological polar surface area (TPSA) is 24.4 Å². The van der Waals surface area contributed by atoms with Gasteiger partial charge in [-0.25, -0.2) is 0 Å². The fourth-order valence-corrected chi connectivity index (χ4v) is 2.94. The molecule has 0 radical (unpaired) electrons. The smallest absolute Gasteiger partial charge is 0.0972 e. The van der Waals surface area contributed by atoms with Crippen molar-refractivity contribution in [1.29, 1.82) is 0 Å². The van der Waals surface area contributed by atoms with Crippen LogP contribution in [0.3, 0.4) is 0 Å². The standard InChI is InChI=1S/C19H22N2/c1-15(12-16-8-4-2-5-9-16)21-19-13-18(14-20-19)17-10-6-3-7-11-17/h2-11,15,18H,12-14H2,1H3,(H,20,21). The van der Waals surface area contributed by atoms with Crippen LogP contribution in [-0.2, 0) is 6.42 Å². The molecule has 0 saturated heterocycles. The molecule has 0 amide bonds. The van der Waals surface area contributed by atoms with Crippen LogP contribution in [0.2, 0.25) is 0 Å². The van der Waals surface area contributed by atoms with Gasteiger partial charge in [-0.3, -0.25) is 4.99 Å². The summed E-state index contributed by atoms with van der Waals surface area (Å²) in [7, 11) is 0. The maximum absolute atomic E-state index is 4.68. The zero-order valence-corrected chi connectivity index (χ0v) is 12.5. The molecule has 2 atom stereocenters. The van der Waals surface area contributed by atoms with Gasteiger partial charge in [0.25, 0.3) is 0 Å². The van der Waals surface area contributed by atoms with Crippen molar-refractivity contribution < 1.29 is 0 Å². The molecule has 1 aliphatic rings. The number of hydrogen-bond donors (Lipinski definition) is 1. The normalized spacial score (nSPS) is 19.1. The predicted molar refractivity (Wildman–Crippen MR) is 88.8 cm³/mol. The molecule has 0 fully saturated rings. The fraction of sp³-hybridized carbons (Fsp3) is 0.316. The summed E-state index contributed by atoms with van der Waals surface area (Å²) >= 11 is 0. The Labute approximate surface area is 126 Å². The molecule has 2 heteroatoms. The van der Waals surface area contributed by atoms with E-state index in [9.17, 15) is 0 Å². The van der Waals surface area contributed by atoms with Crippen molar-refractivity contribution in [3.63, 3.8) is 0 Å². The number of nitrogens with one attached hydrogen (secondary N) is 1. The van der Waals surface area contributed by atoms with Gasteiger partial charge in [0, 0.05) is 24.9 Å². The second-order valence-corrected chi connectivity index (χ2v) is 5.83. The van der Waals surface area contributed by atoms with Crippen LogP contribution < -0.4 is 5.32 Å². The van der Waals surface area contributed by atoms with Gasteiger partial charge in [0.15, 0.2) is 0 Å². The summed E-state index contributed by atoms with van der Waals surface area (Å²) < 4.78 is 0. The van der Waals surface area contributed by atoms with Crippen LogP contribution in [0.25, 0.3) is 0 Å². The minimum absolute atomic E-state index is 0.417. The highest BCUT2D eigenvalue weighted by atomic mass is 15.0. The quantitative estimate of drug-likeness (QED) is 0.904. The van der Waals surface area contributed by atoms with Crippen LogP contribution in [0.4, 0.5) is 0 Å². The van der Waals surface area contributed by atoms with Gasteiger partial charge in [-0.15, -0.1) is 0 Å². The molecular weight excluding hydrogens is 256 g/mol. The molecule has 21 heavy (non-hydrogen) atoms. The first-order chi connectivity index (χ1) is 10.3. The molecule has 0 aromatic heterocycles. The Morgan fingerprint density at radius 2 is 1.71 bits per heavy atom. The molecule has 1 aliphatic heterocycles. The number of benzene rings is 2. The van der Waals surface area contributed by atoms with E-state index in [4.69, 9.17) is 0 Å². The molecule has 2 unspecified atom stereocenters. The Bertz CT molecular complexity index is 589. The first kappa shape index (κ1) is 13.9. The van der Waals surface area contributed by atoms with Gasteiger partial charge in [-0.2, -0.15) is 0 Å². The highest BCUT2D eigenvalue weighted by Gasteiger charge is 2.21. The van der Waals surface area contributed by atoms with Crippen molar-refractivity contribution in [2.45, 2.75) is 31.7 Å². The average molecular weight is 278 g/mol. The lowest BCUT2D eigenvalue weighted by Crippen LogP contribution is -2.33. The Morgan fingerprint density at radius 3 is 2.43 bits per heavy atom. The Balaban J connectivity index is 1.53. The van der Waals surface area contributed by atoms with E-state index in [2.05, 4.69) is 77.9 Å². The van der Waals surface area contributed by atoms with Crippen molar-refractivity contribution in [3.05, 3.63) is 71.8 Å². The van der Waals surface area contributed by atoms with E-state index in [0.29, 0.717) is 12.0 Å². The summed E-state index contributed by atoms with van der Waals surface area (Å²) in [6, 6.07) is 21.7. The van der Waals surface area contributed by atoms with Gasteiger partial charge < -0.3 is 5.32 Å². The van der Waals surface area contributed by atoms with Gasteiger partial charge in [-0.05, 0) is 24.5 Å². The van der Waals surface area contributed by atoms with Crippen LogP contribution in [0, 0.1) is 0 Å². The zero-order valence-electron chi connectivity index (χ0n) is 12.5. The molecule has 0 spiro atoms. The number of nitrogens with zero attached hydrogens (tertiary/aromatic N) is 1. The molecule has 1 N–H and O–H groups in total. The number of rotatable bonds is 4. The first-order valence-corrected chi connectivity index (χ1v) is 7.70. The Morgan fingerprint density at radius 1 is 1.05 bits per heavy atom. The van der Waals surface area contributed by atoms with Crippen molar-refractivity contribution in [1.82, 2.24) is 5.32 Å². The van der Waals surface area contributed by atoms with Crippen molar-refractivity contribution in [3.8, 4) is 0 Å². The van der Waals surface area contributed by atoms with Gasteiger partial charge in [-0.1, -0.05) is 60.7 Å². The number of aliphatic imine (C=N–C) groups is 1. The van der Waals surface area contributed by atoms with Gasteiger partial charge >= 0.3 is 0 Å². The van der Waals surface area contributed by atoms with E-state index in [0.717, 1.165) is 25.2 Å². The van der Waals surface area contributed by atoms with Gasteiger partial charge in [0.1, 0.15) is 0 Å². The monoisotopic (exact) mass is 278 g/mol. The summed E-state index contributed by atoms with van der Waals surface area (Å²) in [6.07, 6.45) is 2.07. The summed E-state index contributed by atoms with van der Waals surface area (Å²) in [5, 5.41) is 3.58. The van der Waals surface area contributed by atoms with Crippen molar-refractivity contribution in [2.75, 3.05) is 6.54 Å². The maximum atomic E-state index is 4.68.